The van der Waals surface area contributed by atoms with Crippen molar-refractivity contribution >= 4 is 11.3 Å². The average Bonchev–Trinajstić information content (AvgIpc) is 2.81. The summed E-state index contributed by atoms with van der Waals surface area (Å²) >= 11 is 1.81. The average molecular weight is 278 g/mol. The van der Waals surface area contributed by atoms with Crippen molar-refractivity contribution in [1.29, 1.82) is 0 Å². The highest BCUT2D eigenvalue weighted by atomic mass is 32.1. The monoisotopic (exact) mass is 278 g/mol. The third-order valence-corrected chi connectivity index (χ3v) is 4.80. The molecule has 2 nitrogen and oxygen atoms in total. The van der Waals surface area contributed by atoms with Gasteiger partial charge in [0.15, 0.2) is 0 Å². The van der Waals surface area contributed by atoms with Gasteiger partial charge in [-0.25, -0.2) is 0 Å². The summed E-state index contributed by atoms with van der Waals surface area (Å²) < 4.78 is 0. The minimum absolute atomic E-state index is 0.697. The molecule has 1 saturated heterocycles. The Morgan fingerprint density at radius 1 is 1.37 bits per heavy atom. The van der Waals surface area contributed by atoms with E-state index >= 15 is 0 Å². The third-order valence-electron chi connectivity index (χ3n) is 3.89. The van der Waals surface area contributed by atoms with E-state index in [0.717, 1.165) is 13.1 Å². The normalized spacial score (nSPS) is 17.6. The molecule has 0 aliphatic carbocycles. The van der Waals surface area contributed by atoms with Gasteiger partial charge in [0.1, 0.15) is 0 Å². The Bertz CT molecular complexity index is 410. The highest BCUT2D eigenvalue weighted by Crippen LogP contribution is 2.15. The minimum atomic E-state index is 0.697. The van der Waals surface area contributed by atoms with Crippen molar-refractivity contribution in [3.8, 4) is 0 Å². The molecule has 0 atom stereocenters. The van der Waals surface area contributed by atoms with E-state index in [2.05, 4.69) is 47.8 Å². The minimum Gasteiger partial charge on any atom is -0.310 e. The van der Waals surface area contributed by atoms with Gasteiger partial charge in [-0.05, 0) is 68.6 Å². The van der Waals surface area contributed by atoms with Crippen molar-refractivity contribution in [2.45, 2.75) is 46.2 Å². The molecule has 1 aliphatic rings. The number of allylic oxidation sites excluding steroid dienone is 1. The predicted molar refractivity (Wildman–Crippen MR) is 84.8 cm³/mol. The van der Waals surface area contributed by atoms with Crippen LogP contribution in [0.25, 0.3) is 0 Å². The van der Waals surface area contributed by atoms with E-state index < -0.39 is 0 Å². The number of nitrogens with zero attached hydrogens (tertiary/aromatic N) is 1. The van der Waals surface area contributed by atoms with Crippen molar-refractivity contribution in [2.24, 2.45) is 0 Å². The van der Waals surface area contributed by atoms with Gasteiger partial charge >= 0.3 is 0 Å². The molecule has 1 aromatic heterocycles. The Morgan fingerprint density at radius 2 is 2.11 bits per heavy atom. The first-order valence-corrected chi connectivity index (χ1v) is 8.20. The molecule has 1 fully saturated rings. The number of hydrogen-bond acceptors (Lipinski definition) is 3. The second kappa shape index (κ2) is 7.22. The number of likely N-dealkylation sites (tertiary alicyclic amines) is 1. The van der Waals surface area contributed by atoms with Crippen LogP contribution >= 0.6 is 11.3 Å². The molecule has 2 heterocycles. The molecule has 106 valence electrons. The summed E-state index contributed by atoms with van der Waals surface area (Å²) in [5.41, 5.74) is 4.32. The standard InChI is InChI=1S/C16H26N2S/c1-13(2)4-7-18-8-5-16(6-9-18)17-10-15-12-19-11-14(15)3/h4,11-12,16-17H,5-10H2,1-3H3. The van der Waals surface area contributed by atoms with Crippen LogP contribution in [0.5, 0.6) is 0 Å². The van der Waals surface area contributed by atoms with Gasteiger partial charge in [-0.15, -0.1) is 0 Å². The molecule has 0 radical (unpaired) electrons. The maximum atomic E-state index is 3.71. The smallest absolute Gasteiger partial charge is 0.0218 e. The van der Waals surface area contributed by atoms with Gasteiger partial charge in [-0.2, -0.15) is 11.3 Å². The molecule has 0 aromatic carbocycles. The summed E-state index contributed by atoms with van der Waals surface area (Å²) in [5.74, 6) is 0. The largest absolute Gasteiger partial charge is 0.310 e. The van der Waals surface area contributed by atoms with Gasteiger partial charge in [-0.1, -0.05) is 11.6 Å². The molecule has 0 bridgehead atoms. The lowest BCUT2D eigenvalue weighted by molar-refractivity contribution is 0.214. The lowest BCUT2D eigenvalue weighted by Crippen LogP contribution is -2.42. The number of piperidine rings is 1. The second-order valence-electron chi connectivity index (χ2n) is 5.82. The fourth-order valence-corrected chi connectivity index (χ4v) is 3.31. The molecular weight excluding hydrogens is 252 g/mol. The van der Waals surface area contributed by atoms with Crippen LogP contribution in [-0.4, -0.2) is 30.6 Å². The predicted octanol–water partition coefficient (Wildman–Crippen LogP) is 3.58. The van der Waals surface area contributed by atoms with Gasteiger partial charge in [0.25, 0.3) is 0 Å². The molecule has 0 unspecified atom stereocenters. The topological polar surface area (TPSA) is 15.3 Å². The van der Waals surface area contributed by atoms with E-state index in [0.29, 0.717) is 6.04 Å². The van der Waals surface area contributed by atoms with Gasteiger partial charge in [-0.3, -0.25) is 4.90 Å². The first-order chi connectivity index (χ1) is 9.15. The summed E-state index contributed by atoms with van der Waals surface area (Å²) in [6, 6.07) is 0.697. The third kappa shape index (κ3) is 4.75. The zero-order valence-electron chi connectivity index (χ0n) is 12.4. The van der Waals surface area contributed by atoms with Crippen molar-refractivity contribution in [3.05, 3.63) is 33.5 Å². The van der Waals surface area contributed by atoms with Gasteiger partial charge in [0, 0.05) is 19.1 Å². The maximum absolute atomic E-state index is 3.71. The van der Waals surface area contributed by atoms with Crippen LogP contribution in [0, 0.1) is 6.92 Å². The summed E-state index contributed by atoms with van der Waals surface area (Å²) in [4.78, 5) is 2.56. The molecular formula is C16H26N2S. The zero-order valence-corrected chi connectivity index (χ0v) is 13.2. The molecule has 1 aromatic rings. The summed E-state index contributed by atoms with van der Waals surface area (Å²) in [6.45, 7) is 11.2. The SMILES string of the molecule is CC(C)=CCN1CCC(NCc2cscc2C)CC1. The van der Waals surface area contributed by atoms with Crippen molar-refractivity contribution in [2.75, 3.05) is 19.6 Å². The number of aryl methyl sites for hydroxylation is 1. The van der Waals surface area contributed by atoms with Crippen LogP contribution in [0.3, 0.4) is 0 Å². The highest BCUT2D eigenvalue weighted by molar-refractivity contribution is 7.08. The summed E-state index contributed by atoms with van der Waals surface area (Å²) in [6.07, 6.45) is 4.89. The maximum Gasteiger partial charge on any atom is 0.0218 e. The van der Waals surface area contributed by atoms with Gasteiger partial charge in [0.2, 0.25) is 0 Å². The molecule has 0 saturated carbocycles. The van der Waals surface area contributed by atoms with E-state index in [9.17, 15) is 0 Å². The van der Waals surface area contributed by atoms with E-state index in [1.54, 1.807) is 0 Å². The van der Waals surface area contributed by atoms with E-state index in [1.165, 1.54) is 42.6 Å². The Labute approximate surface area is 121 Å². The second-order valence-corrected chi connectivity index (χ2v) is 6.56. The molecule has 0 spiro atoms. The van der Waals surface area contributed by atoms with Crippen LogP contribution in [0.4, 0.5) is 0 Å². The Kier molecular flexibility index (Phi) is 5.61. The van der Waals surface area contributed by atoms with Crippen molar-refractivity contribution in [3.63, 3.8) is 0 Å². The van der Waals surface area contributed by atoms with E-state index in [4.69, 9.17) is 0 Å². The van der Waals surface area contributed by atoms with Gasteiger partial charge in [0.05, 0.1) is 0 Å². The number of thiophene rings is 1. The van der Waals surface area contributed by atoms with Gasteiger partial charge < -0.3 is 5.32 Å². The highest BCUT2D eigenvalue weighted by Gasteiger charge is 2.17. The zero-order chi connectivity index (χ0) is 13.7. The van der Waals surface area contributed by atoms with Crippen LogP contribution in [0.1, 0.15) is 37.8 Å². The fraction of sp³-hybridized carbons (Fsp3) is 0.625. The van der Waals surface area contributed by atoms with E-state index in [1.807, 2.05) is 11.3 Å². The molecule has 2 rings (SSSR count). The van der Waals surface area contributed by atoms with Crippen LogP contribution in [-0.2, 0) is 6.54 Å². The van der Waals surface area contributed by atoms with Crippen LogP contribution in [0.2, 0.25) is 0 Å². The van der Waals surface area contributed by atoms with E-state index in [-0.39, 0.29) is 0 Å². The number of rotatable bonds is 5. The molecule has 3 heteroatoms. The number of nitrogens with one attached hydrogen (secondary N) is 1. The Hall–Kier alpha value is -0.640. The van der Waals surface area contributed by atoms with Crippen LogP contribution < -0.4 is 5.32 Å². The van der Waals surface area contributed by atoms with Crippen LogP contribution in [0.15, 0.2) is 22.4 Å². The molecule has 1 N–H and O–H groups in total. The Morgan fingerprint density at radius 3 is 2.68 bits per heavy atom. The fourth-order valence-electron chi connectivity index (χ4n) is 2.45. The number of hydrogen-bond donors (Lipinski definition) is 1. The quantitative estimate of drug-likeness (QED) is 0.828. The summed E-state index contributed by atoms with van der Waals surface area (Å²) in [7, 11) is 0. The lowest BCUT2D eigenvalue weighted by Gasteiger charge is -2.31. The van der Waals surface area contributed by atoms with Crippen molar-refractivity contribution in [1.82, 2.24) is 10.2 Å². The first kappa shape index (κ1) is 14.8. The first-order valence-electron chi connectivity index (χ1n) is 7.26. The van der Waals surface area contributed by atoms with Crippen molar-refractivity contribution < 1.29 is 0 Å². The molecule has 1 aliphatic heterocycles. The molecule has 19 heavy (non-hydrogen) atoms. The Balaban J connectivity index is 1.69. The lowest BCUT2D eigenvalue weighted by atomic mass is 10.0. The molecule has 0 amide bonds. The summed E-state index contributed by atoms with van der Waals surface area (Å²) in [5, 5.41) is 8.22.